The molecule has 5 heteroatoms. The zero-order valence-electron chi connectivity index (χ0n) is 16.0. The molecule has 4 rings (SSSR count). The Morgan fingerprint density at radius 1 is 1.15 bits per heavy atom. The van der Waals surface area contributed by atoms with Crippen LogP contribution in [0.1, 0.15) is 25.0 Å². The number of amides is 2. The fourth-order valence-corrected chi connectivity index (χ4v) is 3.84. The standard InChI is InChI=1S/C22H27N3O2/c1-22(2,27)18-14-25(15-18)21(26)23-19-9-5-3-8-17(19)13-24-12-11-16-7-4-6-10-20(16)24/h3-10,18,27H,11-15H2,1-2H3,(H,23,26). The molecule has 1 fully saturated rings. The summed E-state index contributed by atoms with van der Waals surface area (Å²) in [5.41, 5.74) is 3.91. The summed E-state index contributed by atoms with van der Waals surface area (Å²) in [6, 6.07) is 16.4. The number of para-hydroxylation sites is 2. The van der Waals surface area contributed by atoms with Gasteiger partial charge in [-0.05, 0) is 43.5 Å². The molecular formula is C22H27N3O2. The lowest BCUT2D eigenvalue weighted by atomic mass is 9.85. The average Bonchev–Trinajstić information content (AvgIpc) is 2.97. The summed E-state index contributed by atoms with van der Waals surface area (Å²) in [5.74, 6) is 0.139. The Morgan fingerprint density at radius 2 is 1.85 bits per heavy atom. The van der Waals surface area contributed by atoms with E-state index >= 15 is 0 Å². The molecule has 0 unspecified atom stereocenters. The maximum absolute atomic E-state index is 12.6. The van der Waals surface area contributed by atoms with Crippen LogP contribution in [0.2, 0.25) is 0 Å². The minimum absolute atomic E-state index is 0.0928. The third kappa shape index (κ3) is 3.65. The first-order valence-corrected chi connectivity index (χ1v) is 9.61. The SMILES string of the molecule is CC(C)(O)C1CN(C(=O)Nc2ccccc2CN2CCc3ccccc32)C1. The predicted molar refractivity (Wildman–Crippen MR) is 108 cm³/mol. The van der Waals surface area contributed by atoms with E-state index in [0.29, 0.717) is 13.1 Å². The van der Waals surface area contributed by atoms with Crippen molar-refractivity contribution in [3.8, 4) is 0 Å². The molecule has 0 aromatic heterocycles. The first-order valence-electron chi connectivity index (χ1n) is 9.61. The third-order valence-corrected chi connectivity index (χ3v) is 5.77. The molecule has 1 saturated heterocycles. The van der Waals surface area contributed by atoms with Gasteiger partial charge in [-0.25, -0.2) is 4.79 Å². The van der Waals surface area contributed by atoms with E-state index in [0.717, 1.165) is 30.8 Å². The van der Waals surface area contributed by atoms with Gasteiger partial charge in [-0.15, -0.1) is 0 Å². The maximum atomic E-state index is 12.6. The van der Waals surface area contributed by atoms with Crippen LogP contribution in [-0.4, -0.2) is 41.3 Å². The number of anilines is 2. The van der Waals surface area contributed by atoms with Crippen molar-refractivity contribution in [2.75, 3.05) is 29.9 Å². The zero-order valence-corrected chi connectivity index (χ0v) is 16.0. The van der Waals surface area contributed by atoms with Crippen LogP contribution in [0.5, 0.6) is 0 Å². The van der Waals surface area contributed by atoms with Crippen molar-refractivity contribution >= 4 is 17.4 Å². The number of nitrogens with one attached hydrogen (secondary N) is 1. The van der Waals surface area contributed by atoms with Crippen LogP contribution in [0.15, 0.2) is 48.5 Å². The quantitative estimate of drug-likeness (QED) is 0.872. The number of likely N-dealkylation sites (tertiary alicyclic amines) is 1. The molecule has 0 bridgehead atoms. The van der Waals surface area contributed by atoms with Crippen molar-refractivity contribution in [3.05, 3.63) is 59.7 Å². The number of carbonyl (C=O) groups excluding carboxylic acids is 1. The number of aliphatic hydroxyl groups is 1. The molecule has 2 N–H and O–H groups in total. The van der Waals surface area contributed by atoms with Gasteiger partial charge in [0, 0.05) is 43.5 Å². The monoisotopic (exact) mass is 365 g/mol. The summed E-state index contributed by atoms with van der Waals surface area (Å²) < 4.78 is 0. The number of rotatable bonds is 4. The average molecular weight is 365 g/mol. The molecule has 2 amide bonds. The smallest absolute Gasteiger partial charge is 0.321 e. The van der Waals surface area contributed by atoms with Gasteiger partial charge in [-0.2, -0.15) is 0 Å². The van der Waals surface area contributed by atoms with Gasteiger partial charge in [-0.1, -0.05) is 36.4 Å². The van der Waals surface area contributed by atoms with Crippen molar-refractivity contribution < 1.29 is 9.90 Å². The molecule has 0 radical (unpaired) electrons. The molecule has 2 aromatic rings. The highest BCUT2D eigenvalue weighted by Gasteiger charge is 2.39. The Kier molecular flexibility index (Phi) is 4.56. The van der Waals surface area contributed by atoms with Crippen LogP contribution >= 0.6 is 0 Å². The molecule has 2 aromatic carbocycles. The van der Waals surface area contributed by atoms with Crippen molar-refractivity contribution in [2.45, 2.75) is 32.4 Å². The van der Waals surface area contributed by atoms with Gasteiger partial charge in [0.1, 0.15) is 0 Å². The number of hydrogen-bond donors (Lipinski definition) is 2. The van der Waals surface area contributed by atoms with Crippen molar-refractivity contribution in [2.24, 2.45) is 5.92 Å². The summed E-state index contributed by atoms with van der Waals surface area (Å²) in [7, 11) is 0. The molecule has 5 nitrogen and oxygen atoms in total. The van der Waals surface area contributed by atoms with Crippen LogP contribution in [0.4, 0.5) is 16.2 Å². The number of fused-ring (bicyclic) bond motifs is 1. The van der Waals surface area contributed by atoms with Crippen molar-refractivity contribution in [1.82, 2.24) is 4.90 Å². The van der Waals surface area contributed by atoms with E-state index in [1.54, 1.807) is 18.7 Å². The number of urea groups is 1. The van der Waals surface area contributed by atoms with Gasteiger partial charge in [-0.3, -0.25) is 0 Å². The topological polar surface area (TPSA) is 55.8 Å². The van der Waals surface area contributed by atoms with Gasteiger partial charge in [0.05, 0.1) is 5.60 Å². The van der Waals surface area contributed by atoms with Gasteiger partial charge in [0.25, 0.3) is 0 Å². The van der Waals surface area contributed by atoms with Gasteiger partial charge in [0.15, 0.2) is 0 Å². The largest absolute Gasteiger partial charge is 0.390 e. The molecular weight excluding hydrogens is 338 g/mol. The molecule has 2 aliphatic rings. The third-order valence-electron chi connectivity index (χ3n) is 5.77. The summed E-state index contributed by atoms with van der Waals surface area (Å²) in [5, 5.41) is 13.1. The van der Waals surface area contributed by atoms with E-state index in [9.17, 15) is 9.90 Å². The fourth-order valence-electron chi connectivity index (χ4n) is 3.84. The van der Waals surface area contributed by atoms with Crippen LogP contribution in [0.25, 0.3) is 0 Å². The minimum Gasteiger partial charge on any atom is -0.390 e. The van der Waals surface area contributed by atoms with E-state index in [2.05, 4.69) is 40.5 Å². The second kappa shape index (κ2) is 6.89. The summed E-state index contributed by atoms with van der Waals surface area (Å²) in [6.07, 6.45) is 1.07. The van der Waals surface area contributed by atoms with Gasteiger partial charge >= 0.3 is 6.03 Å². The first-order chi connectivity index (χ1) is 12.9. The van der Waals surface area contributed by atoms with Crippen molar-refractivity contribution in [1.29, 1.82) is 0 Å². The van der Waals surface area contributed by atoms with Gasteiger partial charge < -0.3 is 20.2 Å². The molecule has 2 aliphatic heterocycles. The lowest BCUT2D eigenvalue weighted by Crippen LogP contribution is -2.58. The molecule has 27 heavy (non-hydrogen) atoms. The highest BCUT2D eigenvalue weighted by atomic mass is 16.3. The van der Waals surface area contributed by atoms with E-state index in [-0.39, 0.29) is 11.9 Å². The van der Waals surface area contributed by atoms with Crippen LogP contribution in [-0.2, 0) is 13.0 Å². The highest BCUT2D eigenvalue weighted by Crippen LogP contribution is 2.31. The Labute approximate surface area is 160 Å². The maximum Gasteiger partial charge on any atom is 0.321 e. The minimum atomic E-state index is -0.738. The van der Waals surface area contributed by atoms with E-state index in [1.165, 1.54) is 11.3 Å². The lowest BCUT2D eigenvalue weighted by molar-refractivity contribution is -0.0440. The molecule has 0 saturated carbocycles. The normalized spacial score (nSPS) is 16.9. The number of benzene rings is 2. The first kappa shape index (κ1) is 17.9. The van der Waals surface area contributed by atoms with Crippen LogP contribution in [0, 0.1) is 5.92 Å². The Hall–Kier alpha value is -2.53. The van der Waals surface area contributed by atoms with Gasteiger partial charge in [0.2, 0.25) is 0 Å². The molecule has 0 aliphatic carbocycles. The lowest BCUT2D eigenvalue weighted by Gasteiger charge is -2.45. The fraction of sp³-hybridized carbons (Fsp3) is 0.409. The zero-order chi connectivity index (χ0) is 19.0. The van der Waals surface area contributed by atoms with E-state index in [1.807, 2.05) is 18.2 Å². The number of hydrogen-bond acceptors (Lipinski definition) is 3. The second-order valence-corrected chi connectivity index (χ2v) is 8.14. The van der Waals surface area contributed by atoms with E-state index in [4.69, 9.17) is 0 Å². The second-order valence-electron chi connectivity index (χ2n) is 8.14. The summed E-state index contributed by atoms with van der Waals surface area (Å²) in [6.45, 7) is 6.57. The molecule has 2 heterocycles. The molecule has 0 atom stereocenters. The number of nitrogens with zero attached hydrogens (tertiary/aromatic N) is 2. The Bertz CT molecular complexity index is 837. The molecule has 142 valence electrons. The predicted octanol–water partition coefficient (Wildman–Crippen LogP) is 3.48. The van der Waals surface area contributed by atoms with Crippen LogP contribution in [0.3, 0.4) is 0 Å². The van der Waals surface area contributed by atoms with Crippen molar-refractivity contribution in [3.63, 3.8) is 0 Å². The Morgan fingerprint density at radius 3 is 2.63 bits per heavy atom. The molecule has 0 spiro atoms. The Balaban J connectivity index is 1.43. The van der Waals surface area contributed by atoms with Crippen LogP contribution < -0.4 is 10.2 Å². The highest BCUT2D eigenvalue weighted by molar-refractivity contribution is 5.90. The summed E-state index contributed by atoms with van der Waals surface area (Å²) >= 11 is 0. The van der Waals surface area contributed by atoms with E-state index < -0.39 is 5.60 Å². The number of carbonyl (C=O) groups is 1. The summed E-state index contributed by atoms with van der Waals surface area (Å²) in [4.78, 5) is 16.7.